The van der Waals surface area contributed by atoms with Crippen LogP contribution >= 0.6 is 0 Å². The van der Waals surface area contributed by atoms with Crippen molar-refractivity contribution in [3.8, 4) is 0 Å². The van der Waals surface area contributed by atoms with E-state index in [0.717, 1.165) is 30.2 Å². The predicted molar refractivity (Wildman–Crippen MR) is 93.0 cm³/mol. The highest BCUT2D eigenvalue weighted by molar-refractivity contribution is 5.89. The van der Waals surface area contributed by atoms with Crippen molar-refractivity contribution in [1.29, 1.82) is 0 Å². The zero-order chi connectivity index (χ0) is 17.7. The Bertz CT molecular complexity index is 701. The molecule has 0 fully saturated rings. The molecule has 0 radical (unpaired) electrons. The van der Waals surface area contributed by atoms with Gasteiger partial charge in [-0.05, 0) is 55.9 Å². The molecule has 24 heavy (non-hydrogen) atoms. The summed E-state index contributed by atoms with van der Waals surface area (Å²) in [4.78, 5) is 22.1. The molecule has 0 N–H and O–H groups in total. The van der Waals surface area contributed by atoms with E-state index in [4.69, 9.17) is 4.74 Å². The van der Waals surface area contributed by atoms with E-state index < -0.39 is 4.92 Å². The molecule has 0 spiro atoms. The van der Waals surface area contributed by atoms with Crippen LogP contribution in [0.25, 0.3) is 6.08 Å². The van der Waals surface area contributed by atoms with E-state index in [9.17, 15) is 14.9 Å². The van der Waals surface area contributed by atoms with Gasteiger partial charge in [-0.2, -0.15) is 0 Å². The standard InChI is InChI=1S/C19H21NO4/c1-13(2)17-7-4-14(3)18(12-17)24-19(21)16-8-5-15(6-9-16)10-11-20(22)23/h4-6,8-11,17-18H,1,7,12H2,2-3H3/b11-10+/t17-,18?/m1/s1. The number of esters is 1. The zero-order valence-electron chi connectivity index (χ0n) is 13.9. The fraction of sp³-hybridized carbons (Fsp3) is 0.316. The maximum Gasteiger partial charge on any atom is 0.338 e. The zero-order valence-corrected chi connectivity index (χ0v) is 13.9. The Kier molecular flexibility index (Phi) is 5.68. The van der Waals surface area contributed by atoms with E-state index in [0.29, 0.717) is 17.0 Å². The maximum absolute atomic E-state index is 12.3. The minimum atomic E-state index is -0.529. The van der Waals surface area contributed by atoms with E-state index in [2.05, 4.69) is 12.7 Å². The molecule has 5 heteroatoms. The summed E-state index contributed by atoms with van der Waals surface area (Å²) in [6.07, 6.45) is 5.80. The van der Waals surface area contributed by atoms with Crippen LogP contribution in [0.4, 0.5) is 0 Å². The summed E-state index contributed by atoms with van der Waals surface area (Å²) < 4.78 is 5.63. The summed E-state index contributed by atoms with van der Waals surface area (Å²) in [6.45, 7) is 7.96. The van der Waals surface area contributed by atoms with Gasteiger partial charge in [0.25, 0.3) is 0 Å². The van der Waals surface area contributed by atoms with Crippen molar-refractivity contribution in [3.05, 3.63) is 75.5 Å². The molecule has 5 nitrogen and oxygen atoms in total. The summed E-state index contributed by atoms with van der Waals surface area (Å²) in [5, 5.41) is 10.3. The lowest BCUT2D eigenvalue weighted by Gasteiger charge is -2.28. The molecular weight excluding hydrogens is 306 g/mol. The van der Waals surface area contributed by atoms with E-state index >= 15 is 0 Å². The van der Waals surface area contributed by atoms with Crippen LogP contribution in [0.1, 0.15) is 42.6 Å². The van der Waals surface area contributed by atoms with Gasteiger partial charge in [0.1, 0.15) is 6.10 Å². The quantitative estimate of drug-likeness (QED) is 0.348. The molecule has 1 unspecified atom stereocenters. The van der Waals surface area contributed by atoms with Crippen molar-refractivity contribution < 1.29 is 14.5 Å². The topological polar surface area (TPSA) is 69.4 Å². The van der Waals surface area contributed by atoms with E-state index in [-0.39, 0.29) is 12.1 Å². The molecule has 0 aliphatic heterocycles. The number of nitro groups is 1. The first-order valence-corrected chi connectivity index (χ1v) is 7.81. The molecule has 0 aromatic heterocycles. The summed E-state index contributed by atoms with van der Waals surface area (Å²) in [6, 6.07) is 6.52. The minimum Gasteiger partial charge on any atom is -0.454 e. The smallest absolute Gasteiger partial charge is 0.338 e. The average Bonchev–Trinajstić information content (AvgIpc) is 2.55. The van der Waals surface area contributed by atoms with Gasteiger partial charge in [0.05, 0.1) is 10.5 Å². The molecule has 126 valence electrons. The van der Waals surface area contributed by atoms with Crippen LogP contribution in [0, 0.1) is 16.0 Å². The SMILES string of the molecule is C=C(C)[C@@H]1CC=C(C)C(OC(=O)c2ccc(/C=C/[N+](=O)[O-])cc2)C1. The number of hydrogen-bond acceptors (Lipinski definition) is 4. The summed E-state index contributed by atoms with van der Waals surface area (Å²) >= 11 is 0. The third-order valence-electron chi connectivity index (χ3n) is 4.21. The van der Waals surface area contributed by atoms with Crippen molar-refractivity contribution >= 4 is 12.0 Å². The van der Waals surface area contributed by atoms with Gasteiger partial charge in [-0.15, -0.1) is 0 Å². The molecular formula is C19H21NO4. The largest absolute Gasteiger partial charge is 0.454 e. The summed E-state index contributed by atoms with van der Waals surface area (Å²) in [5.41, 5.74) is 3.24. The van der Waals surface area contributed by atoms with Crippen molar-refractivity contribution in [3.63, 3.8) is 0 Å². The van der Waals surface area contributed by atoms with Crippen LogP contribution in [-0.2, 0) is 4.74 Å². The van der Waals surface area contributed by atoms with E-state index in [1.807, 2.05) is 13.8 Å². The second-order valence-corrected chi connectivity index (χ2v) is 6.08. The third-order valence-corrected chi connectivity index (χ3v) is 4.21. The van der Waals surface area contributed by atoms with Crippen LogP contribution in [0.2, 0.25) is 0 Å². The average molecular weight is 327 g/mol. The second-order valence-electron chi connectivity index (χ2n) is 6.08. The summed E-state index contributed by atoms with van der Waals surface area (Å²) in [5.74, 6) is -0.0546. The highest BCUT2D eigenvalue weighted by Crippen LogP contribution is 2.30. The molecule has 1 aromatic carbocycles. The van der Waals surface area contributed by atoms with Gasteiger partial charge in [0, 0.05) is 6.08 Å². The monoisotopic (exact) mass is 327 g/mol. The predicted octanol–water partition coefficient (Wildman–Crippen LogP) is 4.39. The first-order valence-electron chi connectivity index (χ1n) is 7.81. The van der Waals surface area contributed by atoms with E-state index in [1.54, 1.807) is 24.3 Å². The van der Waals surface area contributed by atoms with Crippen LogP contribution < -0.4 is 0 Å². The van der Waals surface area contributed by atoms with Crippen LogP contribution in [0.5, 0.6) is 0 Å². The van der Waals surface area contributed by atoms with Gasteiger partial charge < -0.3 is 4.74 Å². The van der Waals surface area contributed by atoms with Crippen LogP contribution in [0.15, 0.2) is 54.3 Å². The van der Waals surface area contributed by atoms with Crippen molar-refractivity contribution in [1.82, 2.24) is 0 Å². The molecule has 0 saturated carbocycles. The molecule has 1 aromatic rings. The van der Waals surface area contributed by atoms with Crippen molar-refractivity contribution in [2.24, 2.45) is 5.92 Å². The Morgan fingerprint density at radius 1 is 1.38 bits per heavy atom. The fourth-order valence-electron chi connectivity index (χ4n) is 2.62. The van der Waals surface area contributed by atoms with E-state index in [1.165, 1.54) is 6.08 Å². The first-order chi connectivity index (χ1) is 11.4. The number of rotatable bonds is 5. The van der Waals surface area contributed by atoms with Gasteiger partial charge in [0.15, 0.2) is 0 Å². The molecule has 0 saturated heterocycles. The summed E-state index contributed by atoms with van der Waals surface area (Å²) in [7, 11) is 0. The number of benzene rings is 1. The Balaban J connectivity index is 2.04. The maximum atomic E-state index is 12.3. The number of carbonyl (C=O) groups excluding carboxylic acids is 1. The molecule has 0 heterocycles. The van der Waals surface area contributed by atoms with Gasteiger partial charge in [-0.1, -0.05) is 30.4 Å². The Hall–Kier alpha value is -2.69. The second kappa shape index (κ2) is 7.73. The fourth-order valence-corrected chi connectivity index (χ4v) is 2.62. The number of hydrogen-bond donors (Lipinski definition) is 0. The van der Waals surface area contributed by atoms with Crippen molar-refractivity contribution in [2.75, 3.05) is 0 Å². The lowest BCUT2D eigenvalue weighted by molar-refractivity contribution is -0.400. The van der Waals surface area contributed by atoms with Gasteiger partial charge in [-0.3, -0.25) is 10.1 Å². The normalized spacial score (nSPS) is 20.5. The molecule has 2 rings (SSSR count). The lowest BCUT2D eigenvalue weighted by atomic mass is 9.84. The third kappa shape index (κ3) is 4.65. The lowest BCUT2D eigenvalue weighted by Crippen LogP contribution is -2.26. The highest BCUT2D eigenvalue weighted by Gasteiger charge is 2.25. The van der Waals surface area contributed by atoms with Gasteiger partial charge >= 0.3 is 5.97 Å². The molecule has 2 atom stereocenters. The van der Waals surface area contributed by atoms with Gasteiger partial charge in [-0.25, -0.2) is 4.79 Å². The van der Waals surface area contributed by atoms with Gasteiger partial charge in [0.2, 0.25) is 6.20 Å². The number of nitrogens with zero attached hydrogens (tertiary/aromatic N) is 1. The molecule has 1 aliphatic rings. The Morgan fingerprint density at radius 2 is 2.04 bits per heavy atom. The first kappa shape index (κ1) is 17.7. The molecule has 0 amide bonds. The minimum absolute atomic E-state index is 0.234. The number of ether oxygens (including phenoxy) is 1. The molecule has 1 aliphatic carbocycles. The van der Waals surface area contributed by atoms with Crippen molar-refractivity contribution in [2.45, 2.75) is 32.8 Å². The van der Waals surface area contributed by atoms with Crippen LogP contribution in [-0.4, -0.2) is 17.0 Å². The Morgan fingerprint density at radius 3 is 2.62 bits per heavy atom. The Labute approximate surface area is 141 Å². The molecule has 0 bridgehead atoms. The van der Waals surface area contributed by atoms with Crippen LogP contribution in [0.3, 0.4) is 0 Å². The number of carbonyl (C=O) groups is 1. The highest BCUT2D eigenvalue weighted by atomic mass is 16.6. The number of allylic oxidation sites excluding steroid dienone is 2.